The molecule has 0 aliphatic rings. The highest BCUT2D eigenvalue weighted by molar-refractivity contribution is 6.01. The molecule has 0 aliphatic carbocycles. The Balaban J connectivity index is 1.88. The summed E-state index contributed by atoms with van der Waals surface area (Å²) in [5.41, 5.74) is 3.52. The van der Waals surface area contributed by atoms with Crippen molar-refractivity contribution in [3.8, 4) is 34.4 Å². The second kappa shape index (κ2) is 9.53. The van der Waals surface area contributed by atoms with Gasteiger partial charge < -0.3 is 18.9 Å². The van der Waals surface area contributed by atoms with Gasteiger partial charge in [-0.25, -0.2) is 4.98 Å². The van der Waals surface area contributed by atoms with E-state index in [1.165, 1.54) is 34.5 Å². The SMILES string of the molecule is COc1cc(OC)cc(-c2nc3ccccc3c(=O)n2NC(=O)c2ccc(OC)c(OC)c2)c1. The molecular formula is C25H23N3O6. The Bertz CT molecular complexity index is 1410. The van der Waals surface area contributed by atoms with Gasteiger partial charge in [-0.15, -0.1) is 0 Å². The van der Waals surface area contributed by atoms with Crippen molar-refractivity contribution in [2.45, 2.75) is 0 Å². The number of aromatic nitrogens is 2. The number of benzene rings is 3. The first kappa shape index (κ1) is 22.7. The maximum Gasteiger partial charge on any atom is 0.280 e. The number of carbonyl (C=O) groups is 1. The third-order valence-electron chi connectivity index (χ3n) is 5.24. The van der Waals surface area contributed by atoms with E-state index in [4.69, 9.17) is 18.9 Å². The monoisotopic (exact) mass is 461 g/mol. The fraction of sp³-hybridized carbons (Fsp3) is 0.160. The lowest BCUT2D eigenvalue weighted by Gasteiger charge is -2.16. The highest BCUT2D eigenvalue weighted by Gasteiger charge is 2.18. The van der Waals surface area contributed by atoms with Gasteiger partial charge in [-0.1, -0.05) is 12.1 Å². The third-order valence-corrected chi connectivity index (χ3v) is 5.24. The number of hydrogen-bond donors (Lipinski definition) is 1. The fourth-order valence-corrected chi connectivity index (χ4v) is 3.51. The van der Waals surface area contributed by atoms with Crippen LogP contribution in [0, 0.1) is 0 Å². The number of fused-ring (bicyclic) bond motifs is 1. The summed E-state index contributed by atoms with van der Waals surface area (Å²) in [7, 11) is 6.04. The van der Waals surface area contributed by atoms with Crippen molar-refractivity contribution in [3.63, 3.8) is 0 Å². The van der Waals surface area contributed by atoms with E-state index in [-0.39, 0.29) is 11.4 Å². The van der Waals surface area contributed by atoms with Gasteiger partial charge >= 0.3 is 0 Å². The number of nitrogens with zero attached hydrogens (tertiary/aromatic N) is 2. The number of rotatable bonds is 7. The highest BCUT2D eigenvalue weighted by atomic mass is 16.5. The summed E-state index contributed by atoms with van der Waals surface area (Å²) in [6, 6.07) is 16.7. The molecule has 0 saturated heterocycles. The van der Waals surface area contributed by atoms with Crippen molar-refractivity contribution in [3.05, 3.63) is 76.6 Å². The Morgan fingerprint density at radius 3 is 2.15 bits per heavy atom. The molecule has 0 bridgehead atoms. The lowest BCUT2D eigenvalue weighted by atomic mass is 10.1. The minimum absolute atomic E-state index is 0.217. The summed E-state index contributed by atoms with van der Waals surface area (Å²) >= 11 is 0. The van der Waals surface area contributed by atoms with E-state index < -0.39 is 11.5 Å². The summed E-state index contributed by atoms with van der Waals surface area (Å²) in [6.45, 7) is 0. The predicted octanol–water partition coefficient (Wildman–Crippen LogP) is 3.48. The standard InChI is InChI=1S/C25H23N3O6/c1-31-17-11-16(12-18(14-17)32-2)23-26-20-8-6-5-7-19(20)25(30)28(23)27-24(29)15-9-10-21(33-3)22(13-15)34-4/h5-14H,1-4H3,(H,27,29). The van der Waals surface area contributed by atoms with E-state index in [0.29, 0.717) is 39.5 Å². The molecule has 0 fully saturated rings. The van der Waals surface area contributed by atoms with E-state index in [9.17, 15) is 9.59 Å². The largest absolute Gasteiger partial charge is 0.497 e. The molecule has 0 radical (unpaired) electrons. The summed E-state index contributed by atoms with van der Waals surface area (Å²) in [4.78, 5) is 31.2. The van der Waals surface area contributed by atoms with Crippen LogP contribution in [0.4, 0.5) is 0 Å². The van der Waals surface area contributed by atoms with Crippen LogP contribution in [0.2, 0.25) is 0 Å². The van der Waals surface area contributed by atoms with Crippen molar-refractivity contribution < 1.29 is 23.7 Å². The second-order valence-electron chi connectivity index (χ2n) is 7.21. The topological polar surface area (TPSA) is 101 Å². The number of para-hydroxylation sites is 1. The molecule has 9 heteroatoms. The molecular weight excluding hydrogens is 438 g/mol. The highest BCUT2D eigenvalue weighted by Crippen LogP contribution is 2.30. The third kappa shape index (κ3) is 4.23. The quantitative estimate of drug-likeness (QED) is 0.450. The average molecular weight is 461 g/mol. The van der Waals surface area contributed by atoms with Crippen LogP contribution in [-0.4, -0.2) is 44.0 Å². The molecule has 0 aliphatic heterocycles. The summed E-state index contributed by atoms with van der Waals surface area (Å²) < 4.78 is 22.4. The van der Waals surface area contributed by atoms with E-state index in [1.54, 1.807) is 54.6 Å². The maximum absolute atomic E-state index is 13.4. The molecule has 3 aromatic carbocycles. The number of amides is 1. The van der Waals surface area contributed by atoms with Gasteiger partial charge in [0, 0.05) is 17.2 Å². The lowest BCUT2D eigenvalue weighted by molar-refractivity contribution is 0.101. The van der Waals surface area contributed by atoms with Crippen LogP contribution < -0.4 is 29.9 Å². The Kier molecular flexibility index (Phi) is 6.35. The van der Waals surface area contributed by atoms with Crippen LogP contribution in [0.25, 0.3) is 22.3 Å². The van der Waals surface area contributed by atoms with Crippen molar-refractivity contribution in [1.82, 2.24) is 9.66 Å². The van der Waals surface area contributed by atoms with Gasteiger partial charge in [0.05, 0.1) is 39.3 Å². The van der Waals surface area contributed by atoms with Gasteiger partial charge in [-0.05, 0) is 42.5 Å². The molecule has 1 amide bonds. The Morgan fingerprint density at radius 1 is 0.824 bits per heavy atom. The van der Waals surface area contributed by atoms with Crippen LogP contribution in [0.15, 0.2) is 65.5 Å². The molecule has 0 spiro atoms. The zero-order chi connectivity index (χ0) is 24.2. The zero-order valence-electron chi connectivity index (χ0n) is 19.1. The van der Waals surface area contributed by atoms with Crippen LogP contribution in [0.5, 0.6) is 23.0 Å². The van der Waals surface area contributed by atoms with Gasteiger partial charge in [0.2, 0.25) is 0 Å². The second-order valence-corrected chi connectivity index (χ2v) is 7.21. The number of carbonyl (C=O) groups excluding carboxylic acids is 1. The van der Waals surface area contributed by atoms with Gasteiger partial charge in [-0.3, -0.25) is 15.0 Å². The van der Waals surface area contributed by atoms with E-state index in [0.717, 1.165) is 4.68 Å². The van der Waals surface area contributed by atoms with Gasteiger partial charge in [-0.2, -0.15) is 4.68 Å². The molecule has 0 unspecified atom stereocenters. The molecule has 1 heterocycles. The number of nitrogens with one attached hydrogen (secondary N) is 1. The fourth-order valence-electron chi connectivity index (χ4n) is 3.51. The maximum atomic E-state index is 13.4. The molecule has 1 N–H and O–H groups in total. The molecule has 0 atom stereocenters. The minimum Gasteiger partial charge on any atom is -0.497 e. The Morgan fingerprint density at radius 2 is 1.50 bits per heavy atom. The van der Waals surface area contributed by atoms with Crippen molar-refractivity contribution >= 4 is 16.8 Å². The van der Waals surface area contributed by atoms with E-state index in [2.05, 4.69) is 10.4 Å². The van der Waals surface area contributed by atoms with Gasteiger partial charge in [0.25, 0.3) is 11.5 Å². The normalized spacial score (nSPS) is 10.6. The number of hydrogen-bond acceptors (Lipinski definition) is 7. The number of ether oxygens (including phenoxy) is 4. The Hall–Kier alpha value is -4.53. The lowest BCUT2D eigenvalue weighted by Crippen LogP contribution is -2.35. The first-order valence-corrected chi connectivity index (χ1v) is 10.3. The summed E-state index contributed by atoms with van der Waals surface area (Å²) in [5, 5.41) is 0.355. The summed E-state index contributed by atoms with van der Waals surface area (Å²) in [6.07, 6.45) is 0. The predicted molar refractivity (Wildman–Crippen MR) is 128 cm³/mol. The van der Waals surface area contributed by atoms with E-state index >= 15 is 0 Å². The molecule has 9 nitrogen and oxygen atoms in total. The van der Waals surface area contributed by atoms with Crippen molar-refractivity contribution in [2.75, 3.05) is 33.9 Å². The molecule has 174 valence electrons. The van der Waals surface area contributed by atoms with Gasteiger partial charge in [0.15, 0.2) is 17.3 Å². The van der Waals surface area contributed by atoms with Crippen LogP contribution in [0.3, 0.4) is 0 Å². The number of methoxy groups -OCH3 is 4. The van der Waals surface area contributed by atoms with Crippen molar-refractivity contribution in [1.29, 1.82) is 0 Å². The molecule has 0 saturated carbocycles. The first-order valence-electron chi connectivity index (χ1n) is 10.3. The molecule has 4 rings (SSSR count). The average Bonchev–Trinajstić information content (AvgIpc) is 2.89. The summed E-state index contributed by atoms with van der Waals surface area (Å²) in [5.74, 6) is 1.57. The molecule has 1 aromatic heterocycles. The van der Waals surface area contributed by atoms with Crippen LogP contribution in [0.1, 0.15) is 10.4 Å². The molecule has 34 heavy (non-hydrogen) atoms. The first-order chi connectivity index (χ1) is 16.5. The van der Waals surface area contributed by atoms with Crippen LogP contribution in [-0.2, 0) is 0 Å². The Labute approximate surface area is 195 Å². The van der Waals surface area contributed by atoms with E-state index in [1.807, 2.05) is 0 Å². The zero-order valence-corrected chi connectivity index (χ0v) is 19.1. The van der Waals surface area contributed by atoms with Gasteiger partial charge in [0.1, 0.15) is 11.5 Å². The van der Waals surface area contributed by atoms with Crippen molar-refractivity contribution in [2.24, 2.45) is 0 Å². The minimum atomic E-state index is -0.531. The van der Waals surface area contributed by atoms with Crippen LogP contribution >= 0.6 is 0 Å². The molecule has 4 aromatic rings. The smallest absolute Gasteiger partial charge is 0.280 e.